The van der Waals surface area contributed by atoms with Crippen molar-refractivity contribution in [3.63, 3.8) is 0 Å². The molecule has 0 unspecified atom stereocenters. The Labute approximate surface area is 111 Å². The molecule has 1 N–H and O–H groups in total. The van der Waals surface area contributed by atoms with Crippen molar-refractivity contribution in [3.8, 4) is 0 Å². The second kappa shape index (κ2) is 9.17. The van der Waals surface area contributed by atoms with Crippen molar-refractivity contribution in [1.82, 2.24) is 5.32 Å². The largest absolute Gasteiger partial charge is 0.464 e. The zero-order valence-electron chi connectivity index (χ0n) is 12.1. The second-order valence-electron chi connectivity index (χ2n) is 4.73. The number of ether oxygens (including phenoxy) is 1. The minimum atomic E-state index is 0.596. The molecular formula is C15H27NO2. The summed E-state index contributed by atoms with van der Waals surface area (Å²) in [6.45, 7) is 9.75. The van der Waals surface area contributed by atoms with Crippen LogP contribution in [0.4, 0.5) is 0 Å². The molecule has 0 aliphatic carbocycles. The van der Waals surface area contributed by atoms with Crippen LogP contribution in [0.1, 0.15) is 56.6 Å². The van der Waals surface area contributed by atoms with Gasteiger partial charge in [-0.1, -0.05) is 26.7 Å². The SMILES string of the molecule is CCCCCOCc1cc(CNCCC)c(C)o1. The molecule has 3 heteroatoms. The summed E-state index contributed by atoms with van der Waals surface area (Å²) in [4.78, 5) is 0. The van der Waals surface area contributed by atoms with E-state index in [4.69, 9.17) is 9.15 Å². The third-order valence-electron chi connectivity index (χ3n) is 2.95. The van der Waals surface area contributed by atoms with Gasteiger partial charge in [0, 0.05) is 18.7 Å². The molecule has 0 fully saturated rings. The van der Waals surface area contributed by atoms with Gasteiger partial charge in [0.25, 0.3) is 0 Å². The van der Waals surface area contributed by atoms with Gasteiger partial charge in [-0.3, -0.25) is 0 Å². The highest BCUT2D eigenvalue weighted by Crippen LogP contribution is 2.15. The highest BCUT2D eigenvalue weighted by atomic mass is 16.5. The maximum atomic E-state index is 5.69. The molecule has 0 radical (unpaired) electrons. The third kappa shape index (κ3) is 5.69. The van der Waals surface area contributed by atoms with Crippen molar-refractivity contribution in [2.45, 2.75) is 59.6 Å². The highest BCUT2D eigenvalue weighted by Gasteiger charge is 2.06. The average Bonchev–Trinajstić information content (AvgIpc) is 2.70. The molecule has 3 nitrogen and oxygen atoms in total. The first kappa shape index (κ1) is 15.3. The number of unbranched alkanes of at least 4 members (excludes halogenated alkanes) is 2. The van der Waals surface area contributed by atoms with Gasteiger partial charge in [0.15, 0.2) is 0 Å². The minimum Gasteiger partial charge on any atom is -0.464 e. The lowest BCUT2D eigenvalue weighted by Gasteiger charge is -2.00. The van der Waals surface area contributed by atoms with Crippen LogP contribution in [0.3, 0.4) is 0 Å². The Morgan fingerprint density at radius 2 is 2.06 bits per heavy atom. The van der Waals surface area contributed by atoms with E-state index in [0.29, 0.717) is 6.61 Å². The van der Waals surface area contributed by atoms with Crippen molar-refractivity contribution < 1.29 is 9.15 Å². The molecule has 0 atom stereocenters. The Morgan fingerprint density at radius 3 is 2.78 bits per heavy atom. The molecule has 0 amide bonds. The topological polar surface area (TPSA) is 34.4 Å². The molecule has 1 heterocycles. The number of aryl methyl sites for hydroxylation is 1. The second-order valence-corrected chi connectivity index (χ2v) is 4.73. The summed E-state index contributed by atoms with van der Waals surface area (Å²) >= 11 is 0. The average molecular weight is 253 g/mol. The van der Waals surface area contributed by atoms with Gasteiger partial charge in [0.05, 0.1) is 0 Å². The van der Waals surface area contributed by atoms with Crippen LogP contribution < -0.4 is 5.32 Å². The number of furan rings is 1. The number of nitrogens with one attached hydrogen (secondary N) is 1. The lowest BCUT2D eigenvalue weighted by atomic mass is 10.2. The zero-order chi connectivity index (χ0) is 13.2. The number of rotatable bonds is 10. The van der Waals surface area contributed by atoms with E-state index in [9.17, 15) is 0 Å². The summed E-state index contributed by atoms with van der Waals surface area (Å²) in [6.07, 6.45) is 4.77. The maximum Gasteiger partial charge on any atom is 0.130 e. The van der Waals surface area contributed by atoms with E-state index in [1.807, 2.05) is 6.92 Å². The summed E-state index contributed by atoms with van der Waals surface area (Å²) in [5.74, 6) is 1.95. The fourth-order valence-corrected chi connectivity index (χ4v) is 1.86. The van der Waals surface area contributed by atoms with Gasteiger partial charge in [-0.25, -0.2) is 0 Å². The van der Waals surface area contributed by atoms with Gasteiger partial charge in [-0.15, -0.1) is 0 Å². The van der Waals surface area contributed by atoms with Crippen LogP contribution in [0.5, 0.6) is 0 Å². The predicted octanol–water partition coefficient (Wildman–Crippen LogP) is 3.79. The van der Waals surface area contributed by atoms with Crippen molar-refractivity contribution in [3.05, 3.63) is 23.2 Å². The molecule has 1 rings (SSSR count). The molecule has 1 aromatic heterocycles. The van der Waals surface area contributed by atoms with Gasteiger partial charge in [0.1, 0.15) is 18.1 Å². The zero-order valence-corrected chi connectivity index (χ0v) is 12.1. The van der Waals surface area contributed by atoms with Crippen molar-refractivity contribution >= 4 is 0 Å². The van der Waals surface area contributed by atoms with E-state index in [2.05, 4.69) is 25.2 Å². The van der Waals surface area contributed by atoms with Crippen LogP contribution in [0, 0.1) is 6.92 Å². The molecule has 0 aliphatic heterocycles. The molecule has 1 aromatic rings. The van der Waals surface area contributed by atoms with Crippen molar-refractivity contribution in [2.75, 3.05) is 13.2 Å². The lowest BCUT2D eigenvalue weighted by molar-refractivity contribution is 0.102. The van der Waals surface area contributed by atoms with Gasteiger partial charge < -0.3 is 14.5 Å². The first-order valence-electron chi connectivity index (χ1n) is 7.14. The first-order chi connectivity index (χ1) is 8.77. The lowest BCUT2D eigenvalue weighted by Crippen LogP contribution is -2.13. The first-order valence-corrected chi connectivity index (χ1v) is 7.14. The van der Waals surface area contributed by atoms with Crippen molar-refractivity contribution in [2.24, 2.45) is 0 Å². The van der Waals surface area contributed by atoms with E-state index >= 15 is 0 Å². The quantitative estimate of drug-likeness (QED) is 0.644. The number of hydrogen-bond acceptors (Lipinski definition) is 3. The van der Waals surface area contributed by atoms with E-state index < -0.39 is 0 Å². The monoisotopic (exact) mass is 253 g/mol. The van der Waals surface area contributed by atoms with E-state index in [0.717, 1.165) is 44.1 Å². The molecule has 0 aromatic carbocycles. The van der Waals surface area contributed by atoms with Gasteiger partial charge in [0.2, 0.25) is 0 Å². The maximum absolute atomic E-state index is 5.69. The molecule has 0 saturated heterocycles. The molecule has 0 spiro atoms. The molecule has 0 aliphatic rings. The normalized spacial score (nSPS) is 11.1. The van der Waals surface area contributed by atoms with Crippen LogP contribution >= 0.6 is 0 Å². The fourth-order valence-electron chi connectivity index (χ4n) is 1.86. The Kier molecular flexibility index (Phi) is 7.78. The van der Waals surface area contributed by atoms with E-state index in [1.165, 1.54) is 18.4 Å². The molecule has 0 saturated carbocycles. The van der Waals surface area contributed by atoms with Crippen molar-refractivity contribution in [1.29, 1.82) is 0 Å². The van der Waals surface area contributed by atoms with Gasteiger partial charge in [-0.05, 0) is 32.4 Å². The Bertz CT molecular complexity index is 320. The van der Waals surface area contributed by atoms with E-state index in [1.54, 1.807) is 0 Å². The van der Waals surface area contributed by atoms with Gasteiger partial charge in [-0.2, -0.15) is 0 Å². The van der Waals surface area contributed by atoms with Crippen LogP contribution in [-0.2, 0) is 17.9 Å². The molecular weight excluding hydrogens is 226 g/mol. The smallest absolute Gasteiger partial charge is 0.130 e. The minimum absolute atomic E-state index is 0.596. The summed E-state index contributed by atoms with van der Waals surface area (Å²) in [5.41, 5.74) is 1.25. The fraction of sp³-hybridized carbons (Fsp3) is 0.733. The summed E-state index contributed by atoms with van der Waals surface area (Å²) < 4.78 is 11.3. The third-order valence-corrected chi connectivity index (χ3v) is 2.95. The Balaban J connectivity index is 2.27. The molecule has 18 heavy (non-hydrogen) atoms. The van der Waals surface area contributed by atoms with E-state index in [-0.39, 0.29) is 0 Å². The summed E-state index contributed by atoms with van der Waals surface area (Å²) in [6, 6.07) is 2.11. The Morgan fingerprint density at radius 1 is 1.22 bits per heavy atom. The molecule has 104 valence electrons. The van der Waals surface area contributed by atoms with Crippen LogP contribution in [-0.4, -0.2) is 13.2 Å². The summed E-state index contributed by atoms with van der Waals surface area (Å²) in [5, 5.41) is 3.39. The summed E-state index contributed by atoms with van der Waals surface area (Å²) in [7, 11) is 0. The molecule has 0 bridgehead atoms. The number of hydrogen-bond donors (Lipinski definition) is 1. The predicted molar refractivity (Wildman–Crippen MR) is 74.6 cm³/mol. The van der Waals surface area contributed by atoms with Gasteiger partial charge >= 0.3 is 0 Å². The standard InChI is InChI=1S/C15H27NO2/c1-4-6-7-9-17-12-15-10-14(13(3)18-15)11-16-8-5-2/h10,16H,4-9,11-12H2,1-3H3. The Hall–Kier alpha value is -0.800. The van der Waals surface area contributed by atoms with Crippen LogP contribution in [0.25, 0.3) is 0 Å². The van der Waals surface area contributed by atoms with Crippen LogP contribution in [0.15, 0.2) is 10.5 Å². The van der Waals surface area contributed by atoms with Crippen LogP contribution in [0.2, 0.25) is 0 Å². The highest BCUT2D eigenvalue weighted by molar-refractivity contribution is 5.20.